The van der Waals surface area contributed by atoms with Crippen LogP contribution in [0.5, 0.6) is 0 Å². The predicted molar refractivity (Wildman–Crippen MR) is 82.7 cm³/mol. The van der Waals surface area contributed by atoms with Crippen LogP contribution < -0.4 is 11.1 Å². The highest BCUT2D eigenvalue weighted by molar-refractivity contribution is 5.95. The topological polar surface area (TPSA) is 55.1 Å². The van der Waals surface area contributed by atoms with E-state index in [0.29, 0.717) is 12.1 Å². The standard InChI is InChI=1S/C17H19FN2O/c1-11(13-6-4-3-5-7-13)10-20-17(21)14-8-15(18)12(2)16(19)9-14/h3-9,11H,10,19H2,1-2H3,(H,20,21). The zero-order valence-electron chi connectivity index (χ0n) is 12.2. The maximum Gasteiger partial charge on any atom is 0.251 e. The first-order chi connectivity index (χ1) is 9.99. The second kappa shape index (κ2) is 6.39. The fourth-order valence-electron chi connectivity index (χ4n) is 2.08. The Morgan fingerprint density at radius 2 is 1.95 bits per heavy atom. The van der Waals surface area contributed by atoms with Gasteiger partial charge in [-0.05, 0) is 30.5 Å². The number of amides is 1. The van der Waals surface area contributed by atoms with Crippen LogP contribution >= 0.6 is 0 Å². The van der Waals surface area contributed by atoms with Crippen LogP contribution in [-0.2, 0) is 0 Å². The summed E-state index contributed by atoms with van der Waals surface area (Å²) < 4.78 is 13.6. The van der Waals surface area contributed by atoms with Gasteiger partial charge in [0, 0.05) is 23.4 Å². The van der Waals surface area contributed by atoms with Crippen LogP contribution in [0.3, 0.4) is 0 Å². The molecule has 3 N–H and O–H groups in total. The van der Waals surface area contributed by atoms with E-state index in [4.69, 9.17) is 5.73 Å². The SMILES string of the molecule is Cc1c(N)cc(C(=O)NCC(C)c2ccccc2)cc1F. The molecular formula is C17H19FN2O. The first-order valence-electron chi connectivity index (χ1n) is 6.87. The minimum absolute atomic E-state index is 0.183. The van der Waals surface area contributed by atoms with Gasteiger partial charge in [0.05, 0.1) is 0 Å². The summed E-state index contributed by atoms with van der Waals surface area (Å²) in [5.41, 5.74) is 7.73. The molecule has 0 aromatic heterocycles. The van der Waals surface area contributed by atoms with Crippen LogP contribution in [0.2, 0.25) is 0 Å². The molecule has 21 heavy (non-hydrogen) atoms. The average Bonchev–Trinajstić information content (AvgIpc) is 2.50. The Bertz CT molecular complexity index is 617. The van der Waals surface area contributed by atoms with Gasteiger partial charge in [-0.15, -0.1) is 0 Å². The molecule has 0 bridgehead atoms. The van der Waals surface area contributed by atoms with Gasteiger partial charge < -0.3 is 11.1 Å². The van der Waals surface area contributed by atoms with Crippen molar-refractivity contribution < 1.29 is 9.18 Å². The normalized spacial score (nSPS) is 12.0. The molecule has 0 aliphatic heterocycles. The molecule has 1 amide bonds. The molecule has 110 valence electrons. The molecule has 1 atom stereocenters. The number of nitrogens with two attached hydrogens (primary N) is 1. The number of nitrogens with one attached hydrogen (secondary N) is 1. The van der Waals surface area contributed by atoms with Gasteiger partial charge >= 0.3 is 0 Å². The molecule has 0 heterocycles. The Labute approximate surface area is 124 Å². The number of benzene rings is 2. The third-order valence-corrected chi connectivity index (χ3v) is 3.58. The van der Waals surface area contributed by atoms with Crippen molar-refractivity contribution in [1.29, 1.82) is 0 Å². The number of nitrogen functional groups attached to an aromatic ring is 1. The number of halogens is 1. The van der Waals surface area contributed by atoms with Gasteiger partial charge in [-0.2, -0.15) is 0 Å². The van der Waals surface area contributed by atoms with Gasteiger partial charge in [-0.1, -0.05) is 37.3 Å². The molecule has 1 unspecified atom stereocenters. The molecule has 3 nitrogen and oxygen atoms in total. The van der Waals surface area contributed by atoms with Crippen LogP contribution in [0.25, 0.3) is 0 Å². The van der Waals surface area contributed by atoms with Gasteiger partial charge in [0.1, 0.15) is 5.82 Å². The number of anilines is 1. The van der Waals surface area contributed by atoms with Gasteiger partial charge in [0.15, 0.2) is 0 Å². The maximum atomic E-state index is 13.6. The van der Waals surface area contributed by atoms with E-state index in [9.17, 15) is 9.18 Å². The zero-order valence-corrected chi connectivity index (χ0v) is 12.2. The molecule has 0 radical (unpaired) electrons. The summed E-state index contributed by atoms with van der Waals surface area (Å²) in [7, 11) is 0. The van der Waals surface area contributed by atoms with Gasteiger partial charge in [-0.3, -0.25) is 4.79 Å². The number of hydrogen-bond acceptors (Lipinski definition) is 2. The van der Waals surface area contributed by atoms with Crippen LogP contribution in [0.4, 0.5) is 10.1 Å². The van der Waals surface area contributed by atoms with E-state index in [1.807, 2.05) is 37.3 Å². The lowest BCUT2D eigenvalue weighted by atomic mass is 10.0. The molecule has 0 saturated heterocycles. The molecular weight excluding hydrogens is 267 g/mol. The van der Waals surface area contributed by atoms with Gasteiger partial charge in [0.25, 0.3) is 5.91 Å². The maximum absolute atomic E-state index is 13.6. The lowest BCUT2D eigenvalue weighted by molar-refractivity contribution is 0.0951. The lowest BCUT2D eigenvalue weighted by Gasteiger charge is -2.13. The second-order valence-corrected chi connectivity index (χ2v) is 5.19. The molecule has 2 aromatic carbocycles. The third kappa shape index (κ3) is 3.60. The highest BCUT2D eigenvalue weighted by atomic mass is 19.1. The monoisotopic (exact) mass is 286 g/mol. The highest BCUT2D eigenvalue weighted by Crippen LogP contribution is 2.18. The van der Waals surface area contributed by atoms with E-state index in [1.165, 1.54) is 12.1 Å². The van der Waals surface area contributed by atoms with Gasteiger partial charge in [0.2, 0.25) is 0 Å². The fraction of sp³-hybridized carbons (Fsp3) is 0.235. The molecule has 0 fully saturated rings. The lowest BCUT2D eigenvalue weighted by Crippen LogP contribution is -2.27. The smallest absolute Gasteiger partial charge is 0.251 e. The number of carbonyl (C=O) groups is 1. The molecule has 4 heteroatoms. The Kier molecular flexibility index (Phi) is 4.58. The Morgan fingerprint density at radius 1 is 1.29 bits per heavy atom. The number of hydrogen-bond donors (Lipinski definition) is 2. The first-order valence-corrected chi connectivity index (χ1v) is 6.87. The average molecular weight is 286 g/mol. The van der Waals surface area contributed by atoms with E-state index in [2.05, 4.69) is 5.32 Å². The molecule has 0 aliphatic rings. The Morgan fingerprint density at radius 3 is 2.57 bits per heavy atom. The first kappa shape index (κ1) is 15.0. The summed E-state index contributed by atoms with van der Waals surface area (Å²) in [5.74, 6) is -0.595. The molecule has 2 rings (SSSR count). The minimum Gasteiger partial charge on any atom is -0.398 e. The third-order valence-electron chi connectivity index (χ3n) is 3.58. The highest BCUT2D eigenvalue weighted by Gasteiger charge is 2.12. The molecule has 0 aliphatic carbocycles. The fourth-order valence-corrected chi connectivity index (χ4v) is 2.08. The summed E-state index contributed by atoms with van der Waals surface area (Å²) in [6.45, 7) is 4.10. The summed E-state index contributed by atoms with van der Waals surface area (Å²) in [5, 5.41) is 2.81. The van der Waals surface area contributed by atoms with Crippen molar-refractivity contribution in [3.63, 3.8) is 0 Å². The summed E-state index contributed by atoms with van der Waals surface area (Å²) in [6, 6.07) is 12.6. The van der Waals surface area contributed by atoms with E-state index in [1.54, 1.807) is 6.92 Å². The van der Waals surface area contributed by atoms with Crippen molar-refractivity contribution in [1.82, 2.24) is 5.32 Å². The van der Waals surface area contributed by atoms with Crippen molar-refractivity contribution >= 4 is 11.6 Å². The predicted octanol–water partition coefficient (Wildman–Crippen LogP) is 3.25. The molecule has 2 aromatic rings. The zero-order chi connectivity index (χ0) is 15.4. The summed E-state index contributed by atoms with van der Waals surface area (Å²) >= 11 is 0. The molecule has 0 saturated carbocycles. The van der Waals surface area contributed by atoms with E-state index >= 15 is 0 Å². The second-order valence-electron chi connectivity index (χ2n) is 5.19. The van der Waals surface area contributed by atoms with Gasteiger partial charge in [-0.25, -0.2) is 4.39 Å². The quantitative estimate of drug-likeness (QED) is 0.848. The molecule has 0 spiro atoms. The minimum atomic E-state index is -0.462. The largest absolute Gasteiger partial charge is 0.398 e. The van der Waals surface area contributed by atoms with E-state index in [-0.39, 0.29) is 23.1 Å². The Balaban J connectivity index is 2.02. The number of carbonyl (C=O) groups excluding carboxylic acids is 1. The number of rotatable bonds is 4. The summed E-state index contributed by atoms with van der Waals surface area (Å²) in [4.78, 5) is 12.1. The van der Waals surface area contributed by atoms with Crippen LogP contribution in [0, 0.1) is 12.7 Å². The van der Waals surface area contributed by atoms with Crippen molar-refractivity contribution in [2.24, 2.45) is 0 Å². The van der Waals surface area contributed by atoms with Crippen molar-refractivity contribution in [2.75, 3.05) is 12.3 Å². The van der Waals surface area contributed by atoms with Crippen molar-refractivity contribution in [3.8, 4) is 0 Å². The van der Waals surface area contributed by atoms with Crippen LogP contribution in [-0.4, -0.2) is 12.5 Å². The van der Waals surface area contributed by atoms with Crippen LogP contribution in [0.15, 0.2) is 42.5 Å². The van der Waals surface area contributed by atoms with E-state index in [0.717, 1.165) is 5.56 Å². The Hall–Kier alpha value is -2.36. The van der Waals surface area contributed by atoms with Crippen molar-refractivity contribution in [2.45, 2.75) is 19.8 Å². The van der Waals surface area contributed by atoms with E-state index < -0.39 is 5.82 Å². The summed E-state index contributed by atoms with van der Waals surface area (Å²) in [6.07, 6.45) is 0. The van der Waals surface area contributed by atoms with Crippen molar-refractivity contribution in [3.05, 3.63) is 65.0 Å². The van der Waals surface area contributed by atoms with Crippen LogP contribution in [0.1, 0.15) is 34.3 Å².